The van der Waals surface area contributed by atoms with Crippen LogP contribution in [0.3, 0.4) is 0 Å². The minimum absolute atomic E-state index is 0.0216. The summed E-state index contributed by atoms with van der Waals surface area (Å²) >= 11 is 0. The molecule has 0 spiro atoms. The van der Waals surface area contributed by atoms with E-state index in [9.17, 15) is 18.0 Å². The summed E-state index contributed by atoms with van der Waals surface area (Å²) in [6.45, 7) is 0.405. The quantitative estimate of drug-likeness (QED) is 0.604. The fourth-order valence-electron chi connectivity index (χ4n) is 4.08. The van der Waals surface area contributed by atoms with Crippen molar-refractivity contribution in [1.29, 1.82) is 0 Å². The summed E-state index contributed by atoms with van der Waals surface area (Å²) in [5, 5.41) is 6.76. The third kappa shape index (κ3) is 4.95. The van der Waals surface area contributed by atoms with Crippen LogP contribution < -0.4 is 10.6 Å². The number of halogens is 3. The fourth-order valence-corrected chi connectivity index (χ4v) is 4.08. The van der Waals surface area contributed by atoms with Gasteiger partial charge in [-0.1, -0.05) is 18.2 Å². The molecule has 1 saturated carbocycles. The number of alkyl halides is 3. The second kappa shape index (κ2) is 8.91. The van der Waals surface area contributed by atoms with Crippen molar-refractivity contribution in [2.75, 3.05) is 5.32 Å². The van der Waals surface area contributed by atoms with E-state index in [1.54, 1.807) is 18.3 Å². The van der Waals surface area contributed by atoms with Crippen molar-refractivity contribution >= 4 is 22.5 Å². The fraction of sp³-hybridized carbons (Fsp3) is 0.348. The maximum absolute atomic E-state index is 13.3. The van der Waals surface area contributed by atoms with Gasteiger partial charge < -0.3 is 10.6 Å². The second-order valence-electron chi connectivity index (χ2n) is 7.79. The third-order valence-electron chi connectivity index (χ3n) is 5.70. The van der Waals surface area contributed by atoms with Gasteiger partial charge in [0.15, 0.2) is 0 Å². The molecule has 1 fully saturated rings. The van der Waals surface area contributed by atoms with Crippen molar-refractivity contribution < 1.29 is 18.0 Å². The number of hydrogen-bond acceptors (Lipinski definition) is 4. The van der Waals surface area contributed by atoms with Crippen molar-refractivity contribution in [3.05, 3.63) is 66.1 Å². The number of anilines is 1. The molecular formula is C23H23F3N4O. The number of fused-ring (bicyclic) bond motifs is 1. The van der Waals surface area contributed by atoms with Gasteiger partial charge in [0.1, 0.15) is 0 Å². The highest BCUT2D eigenvalue weighted by Crippen LogP contribution is 2.36. The summed E-state index contributed by atoms with van der Waals surface area (Å²) in [6, 6.07) is 11.5. The molecule has 8 heteroatoms. The van der Waals surface area contributed by atoms with Crippen molar-refractivity contribution in [2.24, 2.45) is 5.92 Å². The number of hydrogen-bond donors (Lipinski definition) is 2. The zero-order valence-corrected chi connectivity index (χ0v) is 16.8. The molecule has 162 valence electrons. The highest BCUT2D eigenvalue weighted by Gasteiger charge is 2.33. The lowest BCUT2D eigenvalue weighted by molar-refractivity contribution is -0.136. The van der Waals surface area contributed by atoms with Crippen molar-refractivity contribution in [3.63, 3.8) is 0 Å². The molecule has 2 N–H and O–H groups in total. The van der Waals surface area contributed by atoms with Crippen molar-refractivity contribution in [2.45, 2.75) is 44.4 Å². The summed E-state index contributed by atoms with van der Waals surface area (Å²) in [6.07, 6.45) is 1.63. The van der Waals surface area contributed by atoms with Crippen LogP contribution in [-0.2, 0) is 17.5 Å². The van der Waals surface area contributed by atoms with E-state index in [0.717, 1.165) is 37.4 Å². The van der Waals surface area contributed by atoms with Crippen LogP contribution in [0.5, 0.6) is 0 Å². The van der Waals surface area contributed by atoms with E-state index in [1.165, 1.54) is 12.3 Å². The first-order valence-corrected chi connectivity index (χ1v) is 10.3. The Balaban J connectivity index is 1.37. The SMILES string of the molecule is O=C(NCc1ccccn1)C1CCC(Nc2ccnc3c(C(F)(F)F)cccc23)CC1. The van der Waals surface area contributed by atoms with Crippen LogP contribution in [0, 0.1) is 5.92 Å². The van der Waals surface area contributed by atoms with Crippen LogP contribution in [0.1, 0.15) is 36.9 Å². The van der Waals surface area contributed by atoms with E-state index < -0.39 is 11.7 Å². The number of nitrogens with one attached hydrogen (secondary N) is 2. The van der Waals surface area contributed by atoms with E-state index in [0.29, 0.717) is 17.6 Å². The van der Waals surface area contributed by atoms with Gasteiger partial charge in [-0.3, -0.25) is 14.8 Å². The highest BCUT2D eigenvalue weighted by molar-refractivity contribution is 5.93. The normalized spacial score (nSPS) is 19.2. The number of carbonyl (C=O) groups excluding carboxylic acids is 1. The van der Waals surface area contributed by atoms with E-state index in [2.05, 4.69) is 20.6 Å². The minimum atomic E-state index is -4.45. The maximum Gasteiger partial charge on any atom is 0.418 e. The number of rotatable bonds is 5. The summed E-state index contributed by atoms with van der Waals surface area (Å²) in [5.41, 5.74) is 0.665. The molecule has 0 saturated heterocycles. The summed E-state index contributed by atoms with van der Waals surface area (Å²) in [4.78, 5) is 20.6. The average molecular weight is 428 g/mol. The van der Waals surface area contributed by atoms with Crippen LogP contribution >= 0.6 is 0 Å². The molecular weight excluding hydrogens is 405 g/mol. The molecule has 1 aliphatic carbocycles. The molecule has 3 aromatic rings. The summed E-state index contributed by atoms with van der Waals surface area (Å²) in [5.74, 6) is -0.0407. The zero-order chi connectivity index (χ0) is 21.8. The molecule has 0 bridgehead atoms. The van der Waals surface area contributed by atoms with Crippen LogP contribution in [0.15, 0.2) is 54.9 Å². The smallest absolute Gasteiger partial charge is 0.382 e. The lowest BCUT2D eigenvalue weighted by atomic mass is 9.85. The van der Waals surface area contributed by atoms with Gasteiger partial charge in [-0.05, 0) is 49.9 Å². The Morgan fingerprint density at radius 2 is 1.77 bits per heavy atom. The number of aromatic nitrogens is 2. The van der Waals surface area contributed by atoms with E-state index in [4.69, 9.17) is 0 Å². The zero-order valence-electron chi connectivity index (χ0n) is 16.8. The number of benzene rings is 1. The molecule has 1 amide bonds. The Bertz CT molecular complexity index is 1050. The van der Waals surface area contributed by atoms with Crippen LogP contribution in [0.2, 0.25) is 0 Å². The van der Waals surface area contributed by atoms with Crippen LogP contribution in [-0.4, -0.2) is 21.9 Å². The molecule has 0 aliphatic heterocycles. The molecule has 1 aromatic carbocycles. The minimum Gasteiger partial charge on any atom is -0.382 e. The first-order chi connectivity index (χ1) is 14.9. The largest absolute Gasteiger partial charge is 0.418 e. The molecule has 1 aliphatic rings. The first kappa shape index (κ1) is 21.1. The Kier molecular flexibility index (Phi) is 6.06. The number of para-hydroxylation sites is 1. The lowest BCUT2D eigenvalue weighted by Crippen LogP contribution is -2.35. The average Bonchev–Trinajstić information content (AvgIpc) is 2.78. The molecule has 0 atom stereocenters. The molecule has 4 rings (SSSR count). The molecule has 0 unspecified atom stereocenters. The maximum atomic E-state index is 13.3. The van der Waals surface area contributed by atoms with Gasteiger partial charge >= 0.3 is 6.18 Å². The Hall–Kier alpha value is -3.16. The number of nitrogens with zero attached hydrogens (tertiary/aromatic N) is 2. The van der Waals surface area contributed by atoms with Crippen molar-refractivity contribution in [3.8, 4) is 0 Å². The molecule has 2 aromatic heterocycles. The van der Waals surface area contributed by atoms with Gasteiger partial charge in [-0.25, -0.2) is 0 Å². The highest BCUT2D eigenvalue weighted by atomic mass is 19.4. The Labute approximate surface area is 178 Å². The molecule has 0 radical (unpaired) electrons. The predicted octanol–water partition coefficient (Wildman–Crippen LogP) is 4.94. The predicted molar refractivity (Wildman–Crippen MR) is 112 cm³/mol. The van der Waals surface area contributed by atoms with Crippen LogP contribution in [0.4, 0.5) is 18.9 Å². The number of amides is 1. The lowest BCUT2D eigenvalue weighted by Gasteiger charge is -2.29. The van der Waals surface area contributed by atoms with Gasteiger partial charge in [0.2, 0.25) is 5.91 Å². The molecule has 5 nitrogen and oxygen atoms in total. The number of carbonyl (C=O) groups is 1. The van der Waals surface area contributed by atoms with Gasteiger partial charge in [-0.2, -0.15) is 13.2 Å². The monoisotopic (exact) mass is 428 g/mol. The number of pyridine rings is 2. The van der Waals surface area contributed by atoms with Gasteiger partial charge in [0.25, 0.3) is 0 Å². The van der Waals surface area contributed by atoms with E-state index in [1.807, 2.05) is 18.2 Å². The van der Waals surface area contributed by atoms with E-state index >= 15 is 0 Å². The Morgan fingerprint density at radius 3 is 2.48 bits per heavy atom. The molecule has 31 heavy (non-hydrogen) atoms. The Morgan fingerprint density at radius 1 is 0.968 bits per heavy atom. The van der Waals surface area contributed by atoms with E-state index in [-0.39, 0.29) is 23.4 Å². The first-order valence-electron chi connectivity index (χ1n) is 10.3. The molecule has 2 heterocycles. The summed E-state index contributed by atoms with van der Waals surface area (Å²) in [7, 11) is 0. The second-order valence-corrected chi connectivity index (χ2v) is 7.79. The van der Waals surface area contributed by atoms with Gasteiger partial charge in [0, 0.05) is 35.4 Å². The standard InChI is InChI=1S/C23H23F3N4O/c24-23(25,26)19-6-3-5-18-20(11-13-28-21(18)19)30-16-9-7-15(8-10-16)22(31)29-14-17-4-1-2-12-27-17/h1-6,11-13,15-16H,7-10,14H2,(H,28,30)(H,29,31). The summed E-state index contributed by atoms with van der Waals surface area (Å²) < 4.78 is 39.9. The van der Waals surface area contributed by atoms with Gasteiger partial charge in [0.05, 0.1) is 23.3 Å². The topological polar surface area (TPSA) is 66.9 Å². The van der Waals surface area contributed by atoms with Crippen LogP contribution in [0.25, 0.3) is 10.9 Å². The van der Waals surface area contributed by atoms with Gasteiger partial charge in [-0.15, -0.1) is 0 Å². The third-order valence-corrected chi connectivity index (χ3v) is 5.70. The van der Waals surface area contributed by atoms with Crippen molar-refractivity contribution in [1.82, 2.24) is 15.3 Å².